The van der Waals surface area contributed by atoms with Crippen molar-refractivity contribution in [2.75, 3.05) is 6.26 Å². The first kappa shape index (κ1) is 11.5. The predicted octanol–water partition coefficient (Wildman–Crippen LogP) is 2.77. The first-order valence-electron chi connectivity index (χ1n) is 4.84. The lowest BCUT2D eigenvalue weighted by Gasteiger charge is -2.02. The van der Waals surface area contributed by atoms with Crippen molar-refractivity contribution in [3.63, 3.8) is 0 Å². The molecule has 1 aromatic carbocycles. The highest BCUT2D eigenvalue weighted by atomic mass is 32.2. The summed E-state index contributed by atoms with van der Waals surface area (Å²) in [4.78, 5) is 10.6. The molecule has 1 heterocycles. The van der Waals surface area contributed by atoms with E-state index in [0.717, 1.165) is 0 Å². The van der Waals surface area contributed by atoms with Gasteiger partial charge in [-0.05, 0) is 6.26 Å². The Kier molecular flexibility index (Phi) is 3.34. The fraction of sp³-hybridized carbons (Fsp3) is 0.0909. The van der Waals surface area contributed by atoms with E-state index in [2.05, 4.69) is 10.2 Å². The van der Waals surface area contributed by atoms with Crippen LogP contribution in [0.3, 0.4) is 0 Å². The molecular formula is C11H9N3O2S. The van der Waals surface area contributed by atoms with E-state index in [1.807, 2.05) is 18.2 Å². The van der Waals surface area contributed by atoms with Gasteiger partial charge in [0.2, 0.25) is 0 Å². The van der Waals surface area contributed by atoms with Crippen LogP contribution in [0.1, 0.15) is 0 Å². The zero-order chi connectivity index (χ0) is 12.3. The van der Waals surface area contributed by atoms with Gasteiger partial charge < -0.3 is 0 Å². The van der Waals surface area contributed by atoms with Crippen molar-refractivity contribution in [3.8, 4) is 11.3 Å². The van der Waals surface area contributed by atoms with Crippen molar-refractivity contribution >= 4 is 17.4 Å². The first-order chi connectivity index (χ1) is 8.22. The van der Waals surface area contributed by atoms with E-state index in [1.54, 1.807) is 18.4 Å². The highest BCUT2D eigenvalue weighted by Crippen LogP contribution is 2.29. The Morgan fingerprint density at radius 2 is 1.94 bits per heavy atom. The number of nitro groups is 1. The fourth-order valence-electron chi connectivity index (χ4n) is 1.41. The van der Waals surface area contributed by atoms with Crippen LogP contribution in [0.4, 0.5) is 5.69 Å². The molecule has 2 rings (SSSR count). The molecule has 0 unspecified atom stereocenters. The normalized spacial score (nSPS) is 10.2. The van der Waals surface area contributed by atoms with Crippen molar-refractivity contribution in [1.29, 1.82) is 0 Å². The van der Waals surface area contributed by atoms with Crippen LogP contribution < -0.4 is 0 Å². The summed E-state index contributed by atoms with van der Waals surface area (Å²) in [5.41, 5.74) is 0.975. The van der Waals surface area contributed by atoms with Gasteiger partial charge in [0.15, 0.2) is 5.69 Å². The first-order valence-corrected chi connectivity index (χ1v) is 6.06. The molecule has 1 aromatic heterocycles. The monoisotopic (exact) mass is 247 g/mol. The summed E-state index contributed by atoms with van der Waals surface area (Å²) in [6, 6.07) is 10.5. The van der Waals surface area contributed by atoms with Crippen molar-refractivity contribution < 1.29 is 4.92 Å². The summed E-state index contributed by atoms with van der Waals surface area (Å²) in [6.07, 6.45) is 1.80. The molecule has 0 aliphatic heterocycles. The average molecular weight is 247 g/mol. The summed E-state index contributed by atoms with van der Waals surface area (Å²) < 4.78 is 0. The van der Waals surface area contributed by atoms with Crippen LogP contribution in [0, 0.1) is 10.1 Å². The van der Waals surface area contributed by atoms with E-state index in [1.165, 1.54) is 17.8 Å². The molecule has 86 valence electrons. The lowest BCUT2D eigenvalue weighted by atomic mass is 10.1. The van der Waals surface area contributed by atoms with Crippen molar-refractivity contribution in [3.05, 3.63) is 46.5 Å². The number of nitrogens with zero attached hydrogens (tertiary/aromatic N) is 3. The van der Waals surface area contributed by atoms with E-state index >= 15 is 0 Å². The third-order valence-electron chi connectivity index (χ3n) is 2.20. The second-order valence-corrected chi connectivity index (χ2v) is 4.07. The maximum atomic E-state index is 11.0. The van der Waals surface area contributed by atoms with Crippen LogP contribution in [0.25, 0.3) is 11.3 Å². The number of benzene rings is 1. The number of thioether (sulfide) groups is 1. The number of hydrogen-bond acceptors (Lipinski definition) is 5. The lowest BCUT2D eigenvalue weighted by Crippen LogP contribution is -1.98. The largest absolute Gasteiger partial charge is 0.300 e. The maximum Gasteiger partial charge on any atom is 0.300 e. The van der Waals surface area contributed by atoms with E-state index in [0.29, 0.717) is 16.3 Å². The molecule has 5 nitrogen and oxygen atoms in total. The van der Waals surface area contributed by atoms with E-state index in [9.17, 15) is 10.1 Å². The van der Waals surface area contributed by atoms with Crippen LogP contribution in [0.5, 0.6) is 0 Å². The van der Waals surface area contributed by atoms with Gasteiger partial charge in [-0.2, -0.15) is 0 Å². The Morgan fingerprint density at radius 1 is 1.24 bits per heavy atom. The summed E-state index contributed by atoms with van der Waals surface area (Å²) >= 11 is 1.33. The van der Waals surface area contributed by atoms with Gasteiger partial charge in [0.1, 0.15) is 5.03 Å². The molecule has 6 heteroatoms. The quantitative estimate of drug-likeness (QED) is 0.474. The molecule has 0 bridgehead atoms. The molecular weight excluding hydrogens is 238 g/mol. The maximum absolute atomic E-state index is 11.0. The van der Waals surface area contributed by atoms with Gasteiger partial charge in [-0.1, -0.05) is 30.3 Å². The molecule has 0 aliphatic carbocycles. The second kappa shape index (κ2) is 4.92. The Balaban J connectivity index is 2.58. The van der Waals surface area contributed by atoms with Gasteiger partial charge >= 0.3 is 0 Å². The fourth-order valence-corrected chi connectivity index (χ4v) is 1.76. The number of hydrogen-bond donors (Lipinski definition) is 0. The average Bonchev–Trinajstić information content (AvgIpc) is 2.39. The third kappa shape index (κ3) is 2.42. The minimum absolute atomic E-state index is 0.0180. The predicted molar refractivity (Wildman–Crippen MR) is 65.9 cm³/mol. The minimum atomic E-state index is -0.434. The van der Waals surface area contributed by atoms with Gasteiger partial charge in [-0.3, -0.25) is 10.1 Å². The Bertz CT molecular complexity index is 546. The summed E-state index contributed by atoms with van der Waals surface area (Å²) in [6.45, 7) is 0. The van der Waals surface area contributed by atoms with Crippen molar-refractivity contribution in [2.45, 2.75) is 5.03 Å². The zero-order valence-corrected chi connectivity index (χ0v) is 9.85. The van der Waals surface area contributed by atoms with E-state index in [4.69, 9.17) is 0 Å². The highest BCUT2D eigenvalue weighted by Gasteiger charge is 2.18. The molecule has 0 saturated carbocycles. The minimum Gasteiger partial charge on any atom is -0.258 e. The summed E-state index contributed by atoms with van der Waals surface area (Å²) in [5.74, 6) is 0. The standard InChI is InChI=1S/C11H9N3O2S/c1-17-10-7-9(14(15)16)11(13-12-10)8-5-3-2-4-6-8/h2-7H,1H3. The number of rotatable bonds is 3. The topological polar surface area (TPSA) is 68.9 Å². The molecule has 2 aromatic rings. The van der Waals surface area contributed by atoms with Crippen LogP contribution in [-0.4, -0.2) is 21.4 Å². The van der Waals surface area contributed by atoms with Crippen molar-refractivity contribution in [2.24, 2.45) is 0 Å². The lowest BCUT2D eigenvalue weighted by molar-refractivity contribution is -0.384. The van der Waals surface area contributed by atoms with E-state index in [-0.39, 0.29) is 5.69 Å². The second-order valence-electron chi connectivity index (χ2n) is 3.24. The van der Waals surface area contributed by atoms with Crippen molar-refractivity contribution in [1.82, 2.24) is 10.2 Å². The van der Waals surface area contributed by atoms with Crippen LogP contribution in [0.2, 0.25) is 0 Å². The Hall–Kier alpha value is -1.95. The van der Waals surface area contributed by atoms with E-state index < -0.39 is 4.92 Å². The molecule has 17 heavy (non-hydrogen) atoms. The van der Waals surface area contributed by atoms with Gasteiger partial charge in [0.25, 0.3) is 5.69 Å². The molecule has 0 aliphatic rings. The van der Waals surface area contributed by atoms with Crippen LogP contribution in [0.15, 0.2) is 41.4 Å². The summed E-state index contributed by atoms with van der Waals surface area (Å²) in [7, 11) is 0. The smallest absolute Gasteiger partial charge is 0.258 e. The van der Waals surface area contributed by atoms with Gasteiger partial charge in [-0.15, -0.1) is 22.0 Å². The number of aromatic nitrogens is 2. The SMILES string of the molecule is CSc1cc([N+](=O)[O-])c(-c2ccccc2)nn1. The molecule has 0 N–H and O–H groups in total. The zero-order valence-electron chi connectivity index (χ0n) is 9.03. The molecule has 0 spiro atoms. The molecule has 0 saturated heterocycles. The molecule has 0 radical (unpaired) electrons. The van der Waals surface area contributed by atoms with Gasteiger partial charge in [-0.25, -0.2) is 0 Å². The molecule has 0 fully saturated rings. The van der Waals surface area contributed by atoms with Gasteiger partial charge in [0, 0.05) is 5.56 Å². The summed E-state index contributed by atoms with van der Waals surface area (Å²) in [5, 5.41) is 19.4. The molecule has 0 atom stereocenters. The molecule has 0 amide bonds. The Labute approximate surface area is 102 Å². The van der Waals surface area contributed by atoms with Gasteiger partial charge in [0.05, 0.1) is 11.0 Å². The third-order valence-corrected chi connectivity index (χ3v) is 2.82. The van der Waals surface area contributed by atoms with Crippen LogP contribution in [-0.2, 0) is 0 Å². The van der Waals surface area contributed by atoms with Crippen LogP contribution >= 0.6 is 11.8 Å². The highest BCUT2D eigenvalue weighted by molar-refractivity contribution is 7.98. The Morgan fingerprint density at radius 3 is 2.53 bits per heavy atom.